The van der Waals surface area contributed by atoms with Gasteiger partial charge in [0.1, 0.15) is 29.9 Å². The lowest BCUT2D eigenvalue weighted by molar-refractivity contribution is -0.218. The highest BCUT2D eigenvalue weighted by atomic mass is 19.1. The summed E-state index contributed by atoms with van der Waals surface area (Å²) in [4.78, 5) is 17.7. The fourth-order valence-corrected chi connectivity index (χ4v) is 4.41. The average Bonchev–Trinajstić information content (AvgIpc) is 3.39. The molecule has 37 heavy (non-hydrogen) atoms. The van der Waals surface area contributed by atoms with E-state index in [1.807, 2.05) is 0 Å². The van der Waals surface area contributed by atoms with Crippen LogP contribution >= 0.6 is 0 Å². The summed E-state index contributed by atoms with van der Waals surface area (Å²) in [6, 6.07) is 11.3. The number of nitrogens with zero attached hydrogens (tertiary/aromatic N) is 1. The molecule has 4 rings (SSSR count). The molecule has 6 atom stereocenters. The molecule has 0 spiro atoms. The summed E-state index contributed by atoms with van der Waals surface area (Å²) in [5, 5.41) is 49.5. The fraction of sp³-hybridized carbons (Fsp3) is 0.480. The van der Waals surface area contributed by atoms with E-state index in [0.29, 0.717) is 23.7 Å². The van der Waals surface area contributed by atoms with Crippen molar-refractivity contribution in [3.8, 4) is 17.2 Å². The summed E-state index contributed by atoms with van der Waals surface area (Å²) in [5.74, 6) is -0.136. The second kappa shape index (κ2) is 12.0. The van der Waals surface area contributed by atoms with Crippen molar-refractivity contribution in [1.29, 1.82) is 0 Å². The summed E-state index contributed by atoms with van der Waals surface area (Å²) >= 11 is 0. The third-order valence-electron chi connectivity index (χ3n) is 6.52. The molecular formula is C25H30FNO10. The first-order chi connectivity index (χ1) is 17.8. The molecule has 11 nitrogen and oxygen atoms in total. The maximum Gasteiger partial charge on any atom is 0.356 e. The molecule has 5 N–H and O–H groups in total. The van der Waals surface area contributed by atoms with E-state index in [4.69, 9.17) is 24.2 Å². The Bertz CT molecular complexity index is 1050. The van der Waals surface area contributed by atoms with Crippen LogP contribution in [-0.4, -0.2) is 94.1 Å². The zero-order chi connectivity index (χ0) is 26.5. The number of carbonyl (C=O) groups excluding carboxylic acids is 1. The van der Waals surface area contributed by atoms with Gasteiger partial charge in [0.2, 0.25) is 6.79 Å². The van der Waals surface area contributed by atoms with Gasteiger partial charge in [-0.15, -0.1) is 5.06 Å². The highest BCUT2D eigenvalue weighted by Crippen LogP contribution is 2.37. The zero-order valence-corrected chi connectivity index (χ0v) is 19.9. The van der Waals surface area contributed by atoms with Gasteiger partial charge in [-0.05, 0) is 42.2 Å². The Morgan fingerprint density at radius 2 is 1.78 bits per heavy atom. The van der Waals surface area contributed by atoms with Crippen molar-refractivity contribution >= 4 is 5.97 Å². The Hall–Kier alpha value is -3.00. The molecule has 0 radical (unpaired) electrons. The number of halogens is 1. The monoisotopic (exact) mass is 523 g/mol. The number of rotatable bonds is 10. The third-order valence-corrected chi connectivity index (χ3v) is 6.52. The lowest BCUT2D eigenvalue weighted by Gasteiger charge is -2.38. The number of hydroxylamine groups is 2. The second-order valence-electron chi connectivity index (χ2n) is 9.01. The minimum Gasteiger partial charge on any atom is -0.493 e. The number of hydrogen-bond acceptors (Lipinski definition) is 11. The molecule has 12 heteroatoms. The molecule has 2 aromatic rings. The van der Waals surface area contributed by atoms with Crippen LogP contribution in [0.4, 0.5) is 4.39 Å². The van der Waals surface area contributed by atoms with Crippen LogP contribution in [0.15, 0.2) is 42.5 Å². The third kappa shape index (κ3) is 6.47. The highest BCUT2D eigenvalue weighted by molar-refractivity contribution is 5.75. The van der Waals surface area contributed by atoms with Gasteiger partial charge in [0, 0.05) is 25.1 Å². The molecule has 2 aliphatic heterocycles. The quantitative estimate of drug-likeness (QED) is 0.284. The van der Waals surface area contributed by atoms with E-state index in [9.17, 15) is 29.6 Å². The molecule has 2 heterocycles. The van der Waals surface area contributed by atoms with Gasteiger partial charge in [-0.3, -0.25) is 0 Å². The van der Waals surface area contributed by atoms with Crippen molar-refractivity contribution in [2.24, 2.45) is 5.92 Å². The van der Waals surface area contributed by atoms with Crippen molar-refractivity contribution in [1.82, 2.24) is 5.06 Å². The predicted octanol–water partition coefficient (Wildman–Crippen LogP) is -0.0670. The van der Waals surface area contributed by atoms with Crippen molar-refractivity contribution in [2.45, 2.75) is 36.8 Å². The number of aliphatic hydroxyl groups excluding tert-OH is 5. The lowest BCUT2D eigenvalue weighted by Crippen LogP contribution is -2.51. The molecule has 0 saturated carbocycles. The Balaban J connectivity index is 1.43. The number of benzene rings is 2. The molecule has 0 aromatic heterocycles. The number of carbonyl (C=O) groups is 1. The van der Waals surface area contributed by atoms with E-state index in [1.54, 1.807) is 30.3 Å². The summed E-state index contributed by atoms with van der Waals surface area (Å²) < 4.78 is 30.2. The van der Waals surface area contributed by atoms with Gasteiger partial charge < -0.3 is 44.6 Å². The Morgan fingerprint density at radius 3 is 2.51 bits per heavy atom. The van der Waals surface area contributed by atoms with Gasteiger partial charge in [-0.1, -0.05) is 12.1 Å². The molecular weight excluding hydrogens is 493 g/mol. The highest BCUT2D eigenvalue weighted by Gasteiger charge is 2.38. The van der Waals surface area contributed by atoms with E-state index in [1.165, 1.54) is 17.2 Å². The van der Waals surface area contributed by atoms with Crippen LogP contribution in [0, 0.1) is 11.7 Å². The van der Waals surface area contributed by atoms with Crippen molar-refractivity contribution in [3.63, 3.8) is 0 Å². The maximum atomic E-state index is 13.5. The van der Waals surface area contributed by atoms with Gasteiger partial charge in [0.25, 0.3) is 0 Å². The molecule has 1 fully saturated rings. The number of hydrogen-bond donors (Lipinski definition) is 5. The van der Waals surface area contributed by atoms with Gasteiger partial charge in [-0.25, -0.2) is 9.18 Å². The normalized spacial score (nSPS) is 22.6. The smallest absolute Gasteiger partial charge is 0.356 e. The lowest BCUT2D eigenvalue weighted by atomic mass is 9.81. The van der Waals surface area contributed by atoms with E-state index < -0.39 is 37.0 Å². The summed E-state index contributed by atoms with van der Waals surface area (Å²) in [6.07, 6.45) is -7.43. The molecule has 202 valence electrons. The number of ether oxygens (including phenoxy) is 3. The van der Waals surface area contributed by atoms with E-state index in [2.05, 4.69) is 0 Å². The van der Waals surface area contributed by atoms with E-state index in [-0.39, 0.29) is 44.1 Å². The van der Waals surface area contributed by atoms with E-state index in [0.717, 1.165) is 5.56 Å². The minimum atomic E-state index is -2.16. The average molecular weight is 524 g/mol. The Kier molecular flexibility index (Phi) is 8.79. The minimum absolute atomic E-state index is 0.0541. The molecule has 2 aliphatic rings. The van der Waals surface area contributed by atoms with Crippen LogP contribution in [0.25, 0.3) is 0 Å². The van der Waals surface area contributed by atoms with Crippen LogP contribution in [0.3, 0.4) is 0 Å². The number of piperidine rings is 1. The topological polar surface area (TPSA) is 158 Å². The zero-order valence-electron chi connectivity index (χ0n) is 19.9. The van der Waals surface area contributed by atoms with Crippen molar-refractivity contribution in [2.75, 3.05) is 33.1 Å². The summed E-state index contributed by atoms with van der Waals surface area (Å²) in [6.45, 7) is -0.0584. The van der Waals surface area contributed by atoms with Gasteiger partial charge in [-0.2, -0.15) is 0 Å². The van der Waals surface area contributed by atoms with Crippen LogP contribution < -0.4 is 14.2 Å². The van der Waals surface area contributed by atoms with Crippen molar-refractivity contribution < 1.29 is 53.8 Å². The molecule has 0 bridgehead atoms. The number of fused-ring (bicyclic) bond motifs is 1. The van der Waals surface area contributed by atoms with Crippen LogP contribution in [0.1, 0.15) is 17.9 Å². The summed E-state index contributed by atoms with van der Waals surface area (Å²) in [5.41, 5.74) is 0.892. The van der Waals surface area contributed by atoms with Crippen LogP contribution in [0.2, 0.25) is 0 Å². The largest absolute Gasteiger partial charge is 0.493 e. The van der Waals surface area contributed by atoms with E-state index >= 15 is 0 Å². The molecule has 4 unspecified atom stereocenters. The first kappa shape index (κ1) is 27.0. The molecule has 0 aliphatic carbocycles. The molecule has 2 aromatic carbocycles. The fourth-order valence-electron chi connectivity index (χ4n) is 4.41. The Morgan fingerprint density at radius 1 is 1.05 bits per heavy atom. The first-order valence-corrected chi connectivity index (χ1v) is 11.8. The maximum absolute atomic E-state index is 13.5. The van der Waals surface area contributed by atoms with Gasteiger partial charge in [0.05, 0.1) is 13.2 Å². The predicted molar refractivity (Wildman–Crippen MR) is 124 cm³/mol. The SMILES string of the molecule is O=C(ON1CC[C@@H](c2ccc(F)cc2)[C@H](COc2ccc3c(c2)OCO3)C1)C(O)C(O)C(O)C(O)CO. The van der Waals surface area contributed by atoms with Crippen LogP contribution in [-0.2, 0) is 9.63 Å². The standard InChI is InChI=1S/C25H30FNO10/c26-16-3-1-14(2-4-16)18-7-8-27(37-25(33)24(32)23(31)22(30)19(29)11-28)10-15(18)12-34-17-5-6-20-21(9-17)36-13-35-20/h1-6,9,15,18-19,22-24,28-32H,7-8,10-13H2/t15-,18-,19?,22?,23?,24?/m0/s1. The molecule has 1 saturated heterocycles. The first-order valence-electron chi connectivity index (χ1n) is 11.8. The Labute approximate surface area is 212 Å². The summed E-state index contributed by atoms with van der Waals surface area (Å²) in [7, 11) is 0. The van der Waals surface area contributed by atoms with Crippen LogP contribution in [0.5, 0.6) is 17.2 Å². The van der Waals surface area contributed by atoms with Gasteiger partial charge >= 0.3 is 5.97 Å². The number of aliphatic hydroxyl groups is 5. The van der Waals surface area contributed by atoms with Gasteiger partial charge in [0.15, 0.2) is 17.6 Å². The second-order valence-corrected chi connectivity index (χ2v) is 9.01. The van der Waals surface area contributed by atoms with Crippen molar-refractivity contribution in [3.05, 3.63) is 53.8 Å². The molecule has 0 amide bonds.